The fraction of sp³-hybridized carbons (Fsp3) is 0.261. The average Bonchev–Trinajstić information content (AvgIpc) is 3.17. The van der Waals surface area contributed by atoms with Crippen LogP contribution < -0.4 is 20.9 Å². The predicted molar refractivity (Wildman–Crippen MR) is 124 cm³/mol. The molecule has 0 atom stereocenters. The topological polar surface area (TPSA) is 85.4 Å². The highest BCUT2D eigenvalue weighted by atomic mass is 16.1. The van der Waals surface area contributed by atoms with Crippen molar-refractivity contribution in [3.8, 4) is 0 Å². The van der Waals surface area contributed by atoms with Gasteiger partial charge in [-0.25, -0.2) is 4.98 Å². The van der Waals surface area contributed by atoms with E-state index in [2.05, 4.69) is 67.0 Å². The highest BCUT2D eigenvalue weighted by Crippen LogP contribution is 2.31. The standard InChI is InChI=1S/C23H25N7O/c1-29-11-13-30(14-12-29)17-7-5-16(6-8-17)25-23-24-10-9-21(28-23)26-19-3-2-4-20-18(19)15-22(31)27-20/h2-10H,11-15H2,1H3,(H,27,31)(H2,24,25,26,28). The molecule has 31 heavy (non-hydrogen) atoms. The van der Waals surface area contributed by atoms with Gasteiger partial charge < -0.3 is 25.8 Å². The van der Waals surface area contributed by atoms with E-state index in [-0.39, 0.29) is 5.91 Å². The van der Waals surface area contributed by atoms with Gasteiger partial charge in [-0.1, -0.05) is 6.07 Å². The number of nitrogens with one attached hydrogen (secondary N) is 3. The molecule has 1 saturated heterocycles. The fourth-order valence-corrected chi connectivity index (χ4v) is 3.94. The highest BCUT2D eigenvalue weighted by Gasteiger charge is 2.20. The van der Waals surface area contributed by atoms with Crippen molar-refractivity contribution < 1.29 is 4.79 Å². The van der Waals surface area contributed by atoms with Crippen LogP contribution in [0.4, 0.5) is 34.5 Å². The Balaban J connectivity index is 1.27. The van der Waals surface area contributed by atoms with E-state index in [4.69, 9.17) is 0 Å². The molecule has 3 N–H and O–H groups in total. The summed E-state index contributed by atoms with van der Waals surface area (Å²) in [5.41, 5.74) is 4.85. The Morgan fingerprint density at radius 2 is 1.77 bits per heavy atom. The van der Waals surface area contributed by atoms with Gasteiger partial charge in [0.2, 0.25) is 11.9 Å². The van der Waals surface area contributed by atoms with Gasteiger partial charge in [0, 0.05) is 60.7 Å². The van der Waals surface area contributed by atoms with E-state index in [1.807, 2.05) is 24.3 Å². The molecule has 2 aliphatic rings. The monoisotopic (exact) mass is 415 g/mol. The van der Waals surface area contributed by atoms with E-state index in [9.17, 15) is 4.79 Å². The third-order valence-corrected chi connectivity index (χ3v) is 5.70. The number of carbonyl (C=O) groups excluding carboxylic acids is 1. The predicted octanol–water partition coefficient (Wildman–Crippen LogP) is 3.21. The second-order valence-electron chi connectivity index (χ2n) is 7.91. The van der Waals surface area contributed by atoms with Crippen molar-refractivity contribution in [2.75, 3.05) is 54.1 Å². The van der Waals surface area contributed by atoms with Gasteiger partial charge in [-0.3, -0.25) is 4.79 Å². The summed E-state index contributed by atoms with van der Waals surface area (Å²) in [6, 6.07) is 16.0. The Labute approximate surface area is 181 Å². The smallest absolute Gasteiger partial charge is 0.229 e. The first-order chi connectivity index (χ1) is 15.1. The molecule has 1 amide bonds. The summed E-state index contributed by atoms with van der Waals surface area (Å²) in [6.07, 6.45) is 2.08. The Bertz CT molecular complexity index is 1090. The number of hydrogen-bond acceptors (Lipinski definition) is 7. The molecule has 3 aromatic rings. The number of piperazine rings is 1. The number of rotatable bonds is 5. The number of hydrogen-bond donors (Lipinski definition) is 3. The molecule has 0 saturated carbocycles. The fourth-order valence-electron chi connectivity index (χ4n) is 3.94. The Hall–Kier alpha value is -3.65. The van der Waals surface area contributed by atoms with Crippen LogP contribution in [0, 0.1) is 0 Å². The van der Waals surface area contributed by atoms with Crippen LogP contribution in [0.25, 0.3) is 0 Å². The van der Waals surface area contributed by atoms with Crippen LogP contribution in [0.3, 0.4) is 0 Å². The van der Waals surface area contributed by atoms with Gasteiger partial charge in [-0.2, -0.15) is 4.98 Å². The minimum absolute atomic E-state index is 0.00862. The van der Waals surface area contributed by atoms with Crippen LogP contribution in [-0.2, 0) is 11.2 Å². The van der Waals surface area contributed by atoms with Crippen LogP contribution in [0.1, 0.15) is 5.56 Å². The molecule has 1 fully saturated rings. The van der Waals surface area contributed by atoms with Crippen molar-refractivity contribution >= 4 is 40.4 Å². The van der Waals surface area contributed by atoms with E-state index < -0.39 is 0 Å². The molecule has 5 rings (SSSR count). The number of anilines is 6. The first kappa shape index (κ1) is 19.3. The molecular formula is C23H25N7O. The van der Waals surface area contributed by atoms with E-state index in [0.29, 0.717) is 18.2 Å². The summed E-state index contributed by atoms with van der Waals surface area (Å²) >= 11 is 0. The molecule has 2 aromatic carbocycles. The van der Waals surface area contributed by atoms with E-state index in [1.165, 1.54) is 5.69 Å². The summed E-state index contributed by atoms with van der Waals surface area (Å²) in [4.78, 5) is 25.4. The van der Waals surface area contributed by atoms with Crippen LogP contribution in [-0.4, -0.2) is 54.0 Å². The summed E-state index contributed by atoms with van der Waals surface area (Å²) in [5.74, 6) is 1.19. The maximum absolute atomic E-state index is 11.7. The molecule has 158 valence electrons. The van der Waals surface area contributed by atoms with Gasteiger partial charge in [-0.15, -0.1) is 0 Å². The number of amides is 1. The summed E-state index contributed by atoms with van der Waals surface area (Å²) in [5, 5.41) is 9.45. The maximum Gasteiger partial charge on any atom is 0.229 e. The summed E-state index contributed by atoms with van der Waals surface area (Å²) < 4.78 is 0. The van der Waals surface area contributed by atoms with E-state index >= 15 is 0 Å². The molecule has 0 bridgehead atoms. The number of carbonyl (C=O) groups is 1. The zero-order chi connectivity index (χ0) is 21.2. The lowest BCUT2D eigenvalue weighted by atomic mass is 10.1. The molecule has 0 spiro atoms. The van der Waals surface area contributed by atoms with Crippen molar-refractivity contribution in [1.29, 1.82) is 0 Å². The molecule has 3 heterocycles. The van der Waals surface area contributed by atoms with Crippen molar-refractivity contribution in [2.24, 2.45) is 0 Å². The van der Waals surface area contributed by atoms with Crippen molar-refractivity contribution in [3.05, 3.63) is 60.3 Å². The number of aromatic nitrogens is 2. The normalized spacial score (nSPS) is 16.0. The number of likely N-dealkylation sites (N-methyl/N-ethyl adjacent to an activating group) is 1. The van der Waals surface area contributed by atoms with Gasteiger partial charge >= 0.3 is 0 Å². The van der Waals surface area contributed by atoms with Gasteiger partial charge in [0.15, 0.2) is 0 Å². The first-order valence-corrected chi connectivity index (χ1v) is 10.5. The van der Waals surface area contributed by atoms with Gasteiger partial charge in [0.1, 0.15) is 5.82 Å². The van der Waals surface area contributed by atoms with E-state index in [1.54, 1.807) is 6.20 Å². The molecule has 0 unspecified atom stereocenters. The van der Waals surface area contributed by atoms with Crippen LogP contribution in [0.2, 0.25) is 0 Å². The van der Waals surface area contributed by atoms with Crippen LogP contribution in [0.5, 0.6) is 0 Å². The summed E-state index contributed by atoms with van der Waals surface area (Å²) in [6.45, 7) is 4.26. The third-order valence-electron chi connectivity index (χ3n) is 5.70. The minimum atomic E-state index is 0.00862. The van der Waals surface area contributed by atoms with Crippen molar-refractivity contribution in [1.82, 2.24) is 14.9 Å². The SMILES string of the molecule is CN1CCN(c2ccc(Nc3nccc(Nc4cccc5c4CC(=O)N5)n3)cc2)CC1. The van der Waals surface area contributed by atoms with Crippen molar-refractivity contribution in [2.45, 2.75) is 6.42 Å². The lowest BCUT2D eigenvalue weighted by molar-refractivity contribution is -0.115. The van der Waals surface area contributed by atoms with Crippen LogP contribution in [0.15, 0.2) is 54.7 Å². The zero-order valence-electron chi connectivity index (χ0n) is 17.4. The van der Waals surface area contributed by atoms with E-state index in [0.717, 1.165) is 48.8 Å². The summed E-state index contributed by atoms with van der Waals surface area (Å²) in [7, 11) is 2.16. The Morgan fingerprint density at radius 1 is 0.968 bits per heavy atom. The second kappa shape index (κ2) is 8.23. The van der Waals surface area contributed by atoms with Gasteiger partial charge in [-0.05, 0) is 49.5 Å². The zero-order valence-corrected chi connectivity index (χ0v) is 17.4. The van der Waals surface area contributed by atoms with Crippen molar-refractivity contribution in [3.63, 3.8) is 0 Å². The van der Waals surface area contributed by atoms with Gasteiger partial charge in [0.25, 0.3) is 0 Å². The lowest BCUT2D eigenvalue weighted by Gasteiger charge is -2.34. The number of benzene rings is 2. The third kappa shape index (κ3) is 4.29. The molecule has 8 nitrogen and oxygen atoms in total. The molecule has 2 aliphatic heterocycles. The number of nitrogens with zero attached hydrogens (tertiary/aromatic N) is 4. The first-order valence-electron chi connectivity index (χ1n) is 10.5. The Morgan fingerprint density at radius 3 is 2.58 bits per heavy atom. The maximum atomic E-state index is 11.7. The van der Waals surface area contributed by atoms with Gasteiger partial charge in [0.05, 0.1) is 6.42 Å². The molecule has 1 aromatic heterocycles. The van der Waals surface area contributed by atoms with Crippen LogP contribution >= 0.6 is 0 Å². The largest absolute Gasteiger partial charge is 0.369 e. The molecule has 8 heteroatoms. The lowest BCUT2D eigenvalue weighted by Crippen LogP contribution is -2.44. The second-order valence-corrected chi connectivity index (χ2v) is 7.91. The quantitative estimate of drug-likeness (QED) is 0.590. The Kier molecular flexibility index (Phi) is 5.13. The molecule has 0 radical (unpaired) electrons. The minimum Gasteiger partial charge on any atom is -0.369 e. The molecule has 0 aliphatic carbocycles. The molecular weight excluding hydrogens is 390 g/mol. The highest BCUT2D eigenvalue weighted by molar-refractivity contribution is 6.01. The average molecular weight is 416 g/mol. The number of fused-ring (bicyclic) bond motifs is 1.